The molecule has 0 saturated carbocycles. The van der Waals surface area contributed by atoms with Gasteiger partial charge in [0.15, 0.2) is 0 Å². The molecule has 96 valence electrons. The fraction of sp³-hybridized carbons (Fsp3) is 0.571. The Balaban J connectivity index is 2.51. The Bertz CT molecular complexity index is 311. The zero-order valence-electron chi connectivity index (χ0n) is 10.7. The van der Waals surface area contributed by atoms with Crippen molar-refractivity contribution in [2.24, 2.45) is 0 Å². The maximum atomic E-state index is 9.68. The maximum Gasteiger partial charge on any atom is 0.115 e. The first-order valence-electron chi connectivity index (χ1n) is 6.37. The Labute approximate surface area is 103 Å². The van der Waals surface area contributed by atoms with E-state index in [1.807, 2.05) is 12.1 Å². The molecule has 0 heterocycles. The summed E-state index contributed by atoms with van der Waals surface area (Å²) in [5.74, 6) is 0.287. The van der Waals surface area contributed by atoms with E-state index in [4.69, 9.17) is 0 Å². The summed E-state index contributed by atoms with van der Waals surface area (Å²) in [7, 11) is 0. The zero-order chi connectivity index (χ0) is 12.7. The first-order valence-corrected chi connectivity index (χ1v) is 6.37. The van der Waals surface area contributed by atoms with Crippen LogP contribution in [0.3, 0.4) is 0 Å². The molecule has 0 spiro atoms. The summed E-state index contributed by atoms with van der Waals surface area (Å²) in [6, 6.07) is 7.47. The summed E-state index contributed by atoms with van der Waals surface area (Å²) < 4.78 is 0. The summed E-state index contributed by atoms with van der Waals surface area (Å²) in [6.45, 7) is 4.80. The van der Waals surface area contributed by atoms with Crippen LogP contribution < -0.4 is 5.32 Å². The van der Waals surface area contributed by atoms with Crippen LogP contribution in [-0.4, -0.2) is 22.9 Å². The van der Waals surface area contributed by atoms with E-state index in [0.717, 1.165) is 24.8 Å². The van der Waals surface area contributed by atoms with Gasteiger partial charge in [0.25, 0.3) is 0 Å². The Morgan fingerprint density at radius 1 is 1.18 bits per heavy atom. The monoisotopic (exact) mass is 237 g/mol. The van der Waals surface area contributed by atoms with Gasteiger partial charge in [-0.15, -0.1) is 0 Å². The van der Waals surface area contributed by atoms with Crippen molar-refractivity contribution in [1.82, 2.24) is 5.32 Å². The van der Waals surface area contributed by atoms with Gasteiger partial charge in [-0.25, -0.2) is 0 Å². The third-order valence-corrected chi connectivity index (χ3v) is 2.93. The van der Waals surface area contributed by atoms with Gasteiger partial charge in [-0.3, -0.25) is 0 Å². The van der Waals surface area contributed by atoms with Gasteiger partial charge in [-0.2, -0.15) is 0 Å². The summed E-state index contributed by atoms with van der Waals surface area (Å²) in [6.07, 6.45) is 2.52. The smallest absolute Gasteiger partial charge is 0.115 e. The van der Waals surface area contributed by atoms with Gasteiger partial charge in [0, 0.05) is 12.6 Å². The van der Waals surface area contributed by atoms with E-state index in [2.05, 4.69) is 19.2 Å². The summed E-state index contributed by atoms with van der Waals surface area (Å²) in [5, 5.41) is 22.3. The number of phenols is 1. The van der Waals surface area contributed by atoms with Crippen LogP contribution in [0.1, 0.15) is 44.7 Å². The largest absolute Gasteiger partial charge is 0.508 e. The summed E-state index contributed by atoms with van der Waals surface area (Å²) in [4.78, 5) is 0. The predicted octanol–water partition coefficient (Wildman–Crippen LogP) is 2.59. The molecule has 17 heavy (non-hydrogen) atoms. The topological polar surface area (TPSA) is 52.5 Å². The molecule has 0 aliphatic heterocycles. The molecule has 0 aliphatic rings. The second-order valence-electron chi connectivity index (χ2n) is 4.40. The molecule has 3 nitrogen and oxygen atoms in total. The predicted molar refractivity (Wildman–Crippen MR) is 70.1 cm³/mol. The Morgan fingerprint density at radius 3 is 2.35 bits per heavy atom. The van der Waals surface area contributed by atoms with E-state index in [0.29, 0.717) is 6.54 Å². The van der Waals surface area contributed by atoms with Crippen LogP contribution in [0.25, 0.3) is 0 Å². The van der Waals surface area contributed by atoms with Gasteiger partial charge in [-0.1, -0.05) is 32.4 Å². The Morgan fingerprint density at radius 2 is 1.82 bits per heavy atom. The van der Waals surface area contributed by atoms with Crippen LogP contribution in [0.2, 0.25) is 0 Å². The molecular weight excluding hydrogens is 214 g/mol. The molecule has 0 fully saturated rings. The average Bonchev–Trinajstić information content (AvgIpc) is 2.32. The van der Waals surface area contributed by atoms with E-state index < -0.39 is 0 Å². The average molecular weight is 237 g/mol. The SMILES string of the molecule is CCCC(O)CNC(CC)c1ccc(O)cc1. The maximum absolute atomic E-state index is 9.68. The summed E-state index contributed by atoms with van der Waals surface area (Å²) >= 11 is 0. The number of nitrogens with one attached hydrogen (secondary N) is 1. The van der Waals surface area contributed by atoms with Crippen LogP contribution in [-0.2, 0) is 0 Å². The molecule has 1 aromatic rings. The van der Waals surface area contributed by atoms with E-state index in [-0.39, 0.29) is 17.9 Å². The van der Waals surface area contributed by atoms with Crippen molar-refractivity contribution < 1.29 is 10.2 Å². The third kappa shape index (κ3) is 4.75. The van der Waals surface area contributed by atoms with Crippen molar-refractivity contribution in [3.05, 3.63) is 29.8 Å². The van der Waals surface area contributed by atoms with Gasteiger partial charge < -0.3 is 15.5 Å². The van der Waals surface area contributed by atoms with E-state index >= 15 is 0 Å². The number of phenolic OH excluding ortho intramolecular Hbond substituents is 1. The number of hydrogen-bond donors (Lipinski definition) is 3. The molecule has 2 unspecified atom stereocenters. The normalized spacial score (nSPS) is 14.5. The zero-order valence-corrected chi connectivity index (χ0v) is 10.7. The highest BCUT2D eigenvalue weighted by Crippen LogP contribution is 2.19. The highest BCUT2D eigenvalue weighted by Gasteiger charge is 2.10. The molecule has 0 radical (unpaired) electrons. The number of hydrogen-bond acceptors (Lipinski definition) is 3. The van der Waals surface area contributed by atoms with Crippen molar-refractivity contribution in [2.45, 2.75) is 45.3 Å². The van der Waals surface area contributed by atoms with Crippen molar-refractivity contribution in [3.63, 3.8) is 0 Å². The molecule has 0 saturated heterocycles. The van der Waals surface area contributed by atoms with E-state index in [1.165, 1.54) is 0 Å². The van der Waals surface area contributed by atoms with Gasteiger partial charge >= 0.3 is 0 Å². The minimum atomic E-state index is -0.272. The number of aliphatic hydroxyl groups excluding tert-OH is 1. The van der Waals surface area contributed by atoms with Crippen LogP contribution in [0.5, 0.6) is 5.75 Å². The molecule has 2 atom stereocenters. The second-order valence-corrected chi connectivity index (χ2v) is 4.40. The third-order valence-electron chi connectivity index (χ3n) is 2.93. The van der Waals surface area contributed by atoms with Crippen molar-refractivity contribution in [3.8, 4) is 5.75 Å². The number of aromatic hydroxyl groups is 1. The Hall–Kier alpha value is -1.06. The van der Waals surface area contributed by atoms with Crippen molar-refractivity contribution >= 4 is 0 Å². The van der Waals surface area contributed by atoms with Crippen molar-refractivity contribution in [1.29, 1.82) is 0 Å². The first-order chi connectivity index (χ1) is 8.17. The molecule has 0 aromatic heterocycles. The molecular formula is C14H23NO2. The Kier molecular flexibility index (Phi) is 6.01. The lowest BCUT2D eigenvalue weighted by Gasteiger charge is -2.19. The molecule has 1 aromatic carbocycles. The number of benzene rings is 1. The van der Waals surface area contributed by atoms with Crippen LogP contribution in [0, 0.1) is 0 Å². The minimum absolute atomic E-state index is 0.238. The molecule has 0 amide bonds. The number of rotatable bonds is 7. The van der Waals surface area contributed by atoms with Gasteiger partial charge in [0.2, 0.25) is 0 Å². The number of aliphatic hydroxyl groups is 1. The standard InChI is InChI=1S/C14H23NO2/c1-3-5-13(17)10-15-14(4-2)11-6-8-12(16)9-7-11/h6-9,13-17H,3-5,10H2,1-2H3. The fourth-order valence-electron chi connectivity index (χ4n) is 1.92. The summed E-state index contributed by atoms with van der Waals surface area (Å²) in [5.41, 5.74) is 1.15. The highest BCUT2D eigenvalue weighted by atomic mass is 16.3. The van der Waals surface area contributed by atoms with Gasteiger partial charge in [0.05, 0.1) is 6.10 Å². The van der Waals surface area contributed by atoms with E-state index in [1.54, 1.807) is 12.1 Å². The lowest BCUT2D eigenvalue weighted by molar-refractivity contribution is 0.156. The lowest BCUT2D eigenvalue weighted by Crippen LogP contribution is -2.30. The molecule has 0 bridgehead atoms. The first kappa shape index (κ1) is 14.0. The van der Waals surface area contributed by atoms with E-state index in [9.17, 15) is 10.2 Å². The quantitative estimate of drug-likeness (QED) is 0.683. The van der Waals surface area contributed by atoms with Crippen LogP contribution in [0.15, 0.2) is 24.3 Å². The molecule has 3 N–H and O–H groups in total. The van der Waals surface area contributed by atoms with Crippen molar-refractivity contribution in [2.75, 3.05) is 6.54 Å². The van der Waals surface area contributed by atoms with Gasteiger partial charge in [-0.05, 0) is 30.5 Å². The molecule has 1 rings (SSSR count). The van der Waals surface area contributed by atoms with Crippen LogP contribution in [0.4, 0.5) is 0 Å². The lowest BCUT2D eigenvalue weighted by atomic mass is 10.0. The molecule has 3 heteroatoms. The van der Waals surface area contributed by atoms with Crippen LogP contribution >= 0.6 is 0 Å². The van der Waals surface area contributed by atoms with Gasteiger partial charge in [0.1, 0.15) is 5.75 Å². The minimum Gasteiger partial charge on any atom is -0.508 e. The fourth-order valence-corrected chi connectivity index (χ4v) is 1.92. The second kappa shape index (κ2) is 7.30. The highest BCUT2D eigenvalue weighted by molar-refractivity contribution is 5.27. The molecule has 0 aliphatic carbocycles.